The number of carbonyl (C=O) groups excluding carboxylic acids is 2. The Labute approximate surface area is 151 Å². The molecule has 1 aliphatic rings. The van der Waals surface area contributed by atoms with Gasteiger partial charge < -0.3 is 14.1 Å². The minimum Gasteiger partial charge on any atom is -0.465 e. The normalized spacial score (nSPS) is 13.5. The summed E-state index contributed by atoms with van der Waals surface area (Å²) < 4.78 is 23.6. The van der Waals surface area contributed by atoms with Gasteiger partial charge in [-0.1, -0.05) is 0 Å². The lowest BCUT2D eigenvalue weighted by atomic mass is 10.2. The van der Waals surface area contributed by atoms with Crippen molar-refractivity contribution in [3.05, 3.63) is 42.2 Å². The van der Waals surface area contributed by atoms with Crippen LogP contribution in [0.3, 0.4) is 0 Å². The Morgan fingerprint density at radius 1 is 1.31 bits per heavy atom. The number of amides is 1. The molecule has 0 bridgehead atoms. The summed E-state index contributed by atoms with van der Waals surface area (Å²) in [5, 5.41) is 0. The third kappa shape index (κ3) is 4.68. The average molecular weight is 360 g/mol. The Bertz CT molecular complexity index is 768. The number of hydrogen-bond acceptors (Lipinski definition) is 5. The van der Waals surface area contributed by atoms with Crippen LogP contribution in [0.1, 0.15) is 32.1 Å². The van der Waals surface area contributed by atoms with Crippen LogP contribution in [0, 0.1) is 5.82 Å². The van der Waals surface area contributed by atoms with E-state index in [-0.39, 0.29) is 36.7 Å². The Morgan fingerprint density at radius 2 is 2.04 bits per heavy atom. The second-order valence-corrected chi connectivity index (χ2v) is 6.18. The van der Waals surface area contributed by atoms with E-state index in [1.165, 1.54) is 12.1 Å². The van der Waals surface area contributed by atoms with Gasteiger partial charge in [-0.05, 0) is 44.0 Å². The predicted octanol–water partition coefficient (Wildman–Crippen LogP) is 2.97. The number of hydrogen-bond donors (Lipinski definition) is 0. The first-order chi connectivity index (χ1) is 12.6. The maximum absolute atomic E-state index is 13.0. The number of carbonyl (C=O) groups is 2. The molecule has 7 heteroatoms. The molecule has 0 spiro atoms. The van der Waals surface area contributed by atoms with Gasteiger partial charge in [0.2, 0.25) is 5.91 Å². The maximum atomic E-state index is 13.0. The van der Waals surface area contributed by atoms with Crippen molar-refractivity contribution < 1.29 is 23.1 Å². The number of ether oxygens (including phenoxy) is 1. The molecule has 1 aromatic heterocycles. The van der Waals surface area contributed by atoms with Gasteiger partial charge in [0.1, 0.15) is 12.4 Å². The summed E-state index contributed by atoms with van der Waals surface area (Å²) in [5.74, 6) is 0.146. The van der Waals surface area contributed by atoms with E-state index in [0.717, 1.165) is 18.4 Å². The number of aromatic nitrogens is 1. The summed E-state index contributed by atoms with van der Waals surface area (Å²) in [4.78, 5) is 29.9. The molecule has 26 heavy (non-hydrogen) atoms. The molecule has 1 heterocycles. The number of nitrogens with zero attached hydrogens (tertiary/aromatic N) is 2. The lowest BCUT2D eigenvalue weighted by molar-refractivity contribution is -0.149. The smallest absolute Gasteiger partial charge is 0.325 e. The van der Waals surface area contributed by atoms with Crippen LogP contribution in [0.5, 0.6) is 0 Å². The van der Waals surface area contributed by atoms with E-state index in [9.17, 15) is 14.0 Å². The Morgan fingerprint density at radius 3 is 2.69 bits per heavy atom. The zero-order valence-electron chi connectivity index (χ0n) is 14.6. The van der Waals surface area contributed by atoms with Crippen LogP contribution in [-0.4, -0.2) is 41.0 Å². The van der Waals surface area contributed by atoms with Crippen molar-refractivity contribution in [3.63, 3.8) is 0 Å². The zero-order valence-corrected chi connectivity index (χ0v) is 14.6. The van der Waals surface area contributed by atoms with Crippen LogP contribution in [0.25, 0.3) is 11.3 Å². The molecule has 3 rings (SSSR count). The number of aryl methyl sites for hydroxylation is 1. The van der Waals surface area contributed by atoms with Gasteiger partial charge in [-0.15, -0.1) is 0 Å². The van der Waals surface area contributed by atoms with Gasteiger partial charge in [0.15, 0.2) is 11.7 Å². The van der Waals surface area contributed by atoms with E-state index >= 15 is 0 Å². The fourth-order valence-corrected chi connectivity index (χ4v) is 2.68. The quantitative estimate of drug-likeness (QED) is 0.677. The molecule has 1 saturated carbocycles. The lowest BCUT2D eigenvalue weighted by Crippen LogP contribution is -2.38. The summed E-state index contributed by atoms with van der Waals surface area (Å²) in [6, 6.07) is 6.05. The monoisotopic (exact) mass is 360 g/mol. The minimum atomic E-state index is -0.387. The topological polar surface area (TPSA) is 72.6 Å². The van der Waals surface area contributed by atoms with E-state index in [0.29, 0.717) is 24.7 Å². The minimum absolute atomic E-state index is 0.0102. The number of halogens is 1. The molecule has 0 radical (unpaired) electrons. The number of oxazole rings is 1. The summed E-state index contributed by atoms with van der Waals surface area (Å²) in [5.41, 5.74) is 0.721. The summed E-state index contributed by atoms with van der Waals surface area (Å²) in [6.45, 7) is 2.03. The van der Waals surface area contributed by atoms with E-state index in [4.69, 9.17) is 9.15 Å². The molecule has 1 fully saturated rings. The van der Waals surface area contributed by atoms with Gasteiger partial charge in [0, 0.05) is 24.4 Å². The molecule has 1 aromatic carbocycles. The Balaban J connectivity index is 1.56. The zero-order chi connectivity index (χ0) is 18.5. The molecule has 138 valence electrons. The third-order valence-electron chi connectivity index (χ3n) is 4.15. The molecule has 0 N–H and O–H groups in total. The van der Waals surface area contributed by atoms with Crippen LogP contribution < -0.4 is 0 Å². The van der Waals surface area contributed by atoms with Gasteiger partial charge in [-0.25, -0.2) is 9.37 Å². The first-order valence-electron chi connectivity index (χ1n) is 8.72. The van der Waals surface area contributed by atoms with Gasteiger partial charge in [-0.3, -0.25) is 9.59 Å². The second-order valence-electron chi connectivity index (χ2n) is 6.18. The molecule has 6 nitrogen and oxygen atoms in total. The third-order valence-corrected chi connectivity index (χ3v) is 4.15. The van der Waals surface area contributed by atoms with Crippen molar-refractivity contribution in [2.24, 2.45) is 0 Å². The van der Waals surface area contributed by atoms with Crippen molar-refractivity contribution in [2.75, 3.05) is 13.2 Å². The number of rotatable bonds is 8. The van der Waals surface area contributed by atoms with E-state index in [1.807, 2.05) is 0 Å². The largest absolute Gasteiger partial charge is 0.465 e. The Hall–Kier alpha value is -2.70. The average Bonchev–Trinajstić information content (AvgIpc) is 3.36. The van der Waals surface area contributed by atoms with Gasteiger partial charge in [-0.2, -0.15) is 0 Å². The summed E-state index contributed by atoms with van der Waals surface area (Å²) in [7, 11) is 0. The van der Waals surface area contributed by atoms with Gasteiger partial charge >= 0.3 is 5.97 Å². The highest BCUT2D eigenvalue weighted by atomic mass is 19.1. The summed E-state index contributed by atoms with van der Waals surface area (Å²) >= 11 is 0. The molecule has 0 saturated heterocycles. The van der Waals surface area contributed by atoms with Gasteiger partial charge in [0.25, 0.3) is 0 Å². The molecular formula is C19H21FN2O4. The Kier molecular flexibility index (Phi) is 5.65. The van der Waals surface area contributed by atoms with Crippen LogP contribution in [-0.2, 0) is 20.7 Å². The lowest BCUT2D eigenvalue weighted by Gasteiger charge is -2.21. The van der Waals surface area contributed by atoms with Crippen molar-refractivity contribution >= 4 is 11.9 Å². The number of esters is 1. The van der Waals surface area contributed by atoms with Gasteiger partial charge in [0.05, 0.1) is 12.8 Å². The molecule has 0 unspecified atom stereocenters. The van der Waals surface area contributed by atoms with E-state index in [2.05, 4.69) is 4.98 Å². The fourth-order valence-electron chi connectivity index (χ4n) is 2.68. The van der Waals surface area contributed by atoms with E-state index in [1.54, 1.807) is 30.2 Å². The number of benzene rings is 1. The van der Waals surface area contributed by atoms with Crippen molar-refractivity contribution in [1.82, 2.24) is 9.88 Å². The van der Waals surface area contributed by atoms with Crippen LogP contribution in [0.2, 0.25) is 0 Å². The molecule has 2 aromatic rings. The highest BCUT2D eigenvalue weighted by molar-refractivity contribution is 5.82. The highest BCUT2D eigenvalue weighted by Crippen LogP contribution is 2.28. The molecular weight excluding hydrogens is 339 g/mol. The fraction of sp³-hybridized carbons (Fsp3) is 0.421. The SMILES string of the molecule is CCOC(=O)CN(C(=O)CCc1ncc(-c2ccc(F)cc2)o1)C1CC1. The van der Waals surface area contributed by atoms with E-state index < -0.39 is 0 Å². The highest BCUT2D eigenvalue weighted by Gasteiger charge is 2.34. The van der Waals surface area contributed by atoms with Crippen molar-refractivity contribution in [3.8, 4) is 11.3 Å². The summed E-state index contributed by atoms with van der Waals surface area (Å²) in [6.07, 6.45) is 3.94. The second kappa shape index (κ2) is 8.12. The van der Waals surface area contributed by atoms with Crippen LogP contribution >= 0.6 is 0 Å². The first kappa shape index (κ1) is 18.1. The molecule has 1 amide bonds. The standard InChI is InChI=1S/C19H21FN2O4/c1-2-25-19(24)12-22(15-7-8-15)18(23)10-9-17-21-11-16(26-17)13-3-5-14(20)6-4-13/h3-6,11,15H,2,7-10,12H2,1H3. The molecule has 0 atom stereocenters. The van der Waals surface area contributed by atoms with Crippen LogP contribution in [0.15, 0.2) is 34.9 Å². The predicted molar refractivity (Wildman–Crippen MR) is 91.6 cm³/mol. The first-order valence-corrected chi connectivity index (χ1v) is 8.72. The van der Waals surface area contributed by atoms with Crippen LogP contribution in [0.4, 0.5) is 4.39 Å². The maximum Gasteiger partial charge on any atom is 0.325 e. The van der Waals surface area contributed by atoms with Crippen molar-refractivity contribution in [1.29, 1.82) is 0 Å². The molecule has 0 aliphatic heterocycles. The van der Waals surface area contributed by atoms with Crippen molar-refractivity contribution in [2.45, 2.75) is 38.6 Å². The molecule has 1 aliphatic carbocycles.